The van der Waals surface area contributed by atoms with Crippen molar-refractivity contribution in [3.8, 4) is 0 Å². The van der Waals surface area contributed by atoms with Crippen LogP contribution in [0.1, 0.15) is 25.3 Å². The Morgan fingerprint density at radius 2 is 2.18 bits per heavy atom. The Labute approximate surface area is 99.2 Å². The molecule has 92 valence electrons. The van der Waals surface area contributed by atoms with Crippen LogP contribution >= 0.6 is 0 Å². The lowest BCUT2D eigenvalue weighted by Crippen LogP contribution is -2.37. The third kappa shape index (κ3) is 2.47. The van der Waals surface area contributed by atoms with Crippen LogP contribution < -0.4 is 0 Å². The predicted molar refractivity (Wildman–Crippen MR) is 60.1 cm³/mol. The van der Waals surface area contributed by atoms with Gasteiger partial charge in [-0.2, -0.15) is 0 Å². The monoisotopic (exact) mass is 238 g/mol. The molecule has 1 aliphatic carbocycles. The molecule has 1 fully saturated rings. The first-order chi connectivity index (χ1) is 8.04. The van der Waals surface area contributed by atoms with E-state index in [9.17, 15) is 14.3 Å². The third-order valence-electron chi connectivity index (χ3n) is 3.10. The number of carboxylic acids is 1. The first-order valence-electron chi connectivity index (χ1n) is 5.66. The summed E-state index contributed by atoms with van der Waals surface area (Å²) < 4.78 is 19.1. The molecular formula is C13H15FO3. The molecule has 1 aromatic carbocycles. The molecule has 2 rings (SSSR count). The zero-order chi connectivity index (χ0) is 12.5. The minimum Gasteiger partial charge on any atom is -0.479 e. The van der Waals surface area contributed by atoms with Gasteiger partial charge >= 0.3 is 5.97 Å². The van der Waals surface area contributed by atoms with Gasteiger partial charge in [-0.1, -0.05) is 18.2 Å². The van der Waals surface area contributed by atoms with Crippen molar-refractivity contribution in [1.82, 2.24) is 0 Å². The van der Waals surface area contributed by atoms with Gasteiger partial charge < -0.3 is 9.84 Å². The van der Waals surface area contributed by atoms with E-state index >= 15 is 0 Å². The molecular weight excluding hydrogens is 223 g/mol. The van der Waals surface area contributed by atoms with Crippen LogP contribution in [0.4, 0.5) is 4.39 Å². The van der Waals surface area contributed by atoms with Gasteiger partial charge in [0.2, 0.25) is 0 Å². The Hall–Kier alpha value is -1.42. The molecule has 0 heterocycles. The number of rotatable bonds is 5. The second-order valence-electron chi connectivity index (χ2n) is 4.57. The fourth-order valence-corrected chi connectivity index (χ4v) is 1.67. The van der Waals surface area contributed by atoms with E-state index in [1.807, 2.05) is 0 Å². The van der Waals surface area contributed by atoms with Crippen LogP contribution in [-0.4, -0.2) is 17.7 Å². The van der Waals surface area contributed by atoms with E-state index in [0.717, 1.165) is 12.8 Å². The van der Waals surface area contributed by atoms with Crippen molar-refractivity contribution in [2.45, 2.75) is 25.4 Å². The van der Waals surface area contributed by atoms with Crippen molar-refractivity contribution in [2.75, 3.05) is 6.61 Å². The lowest BCUT2D eigenvalue weighted by Gasteiger charge is -2.26. The maximum atomic E-state index is 13.6. The molecule has 1 atom stereocenters. The van der Waals surface area contributed by atoms with Crippen molar-refractivity contribution >= 4 is 5.97 Å². The van der Waals surface area contributed by atoms with E-state index in [0.29, 0.717) is 12.5 Å². The van der Waals surface area contributed by atoms with Crippen molar-refractivity contribution in [3.05, 3.63) is 35.6 Å². The molecule has 1 aromatic rings. The molecule has 0 amide bonds. The number of benzene rings is 1. The average Bonchev–Trinajstić information content (AvgIpc) is 3.10. The topological polar surface area (TPSA) is 46.5 Å². The molecule has 1 aliphatic rings. The molecule has 1 unspecified atom stereocenters. The van der Waals surface area contributed by atoms with E-state index in [1.54, 1.807) is 6.07 Å². The first-order valence-corrected chi connectivity index (χ1v) is 5.66. The molecule has 0 aliphatic heterocycles. The van der Waals surface area contributed by atoms with Crippen LogP contribution in [0, 0.1) is 11.7 Å². The van der Waals surface area contributed by atoms with Crippen molar-refractivity contribution in [2.24, 2.45) is 5.92 Å². The van der Waals surface area contributed by atoms with E-state index in [4.69, 9.17) is 4.74 Å². The van der Waals surface area contributed by atoms with E-state index < -0.39 is 17.4 Å². The Kier molecular flexibility index (Phi) is 3.15. The molecule has 4 heteroatoms. The number of hydrogen-bond donors (Lipinski definition) is 1. The molecule has 1 N–H and O–H groups in total. The highest BCUT2D eigenvalue weighted by molar-refractivity contribution is 5.79. The molecule has 0 spiro atoms. The van der Waals surface area contributed by atoms with E-state index in [2.05, 4.69) is 0 Å². The van der Waals surface area contributed by atoms with Gasteiger partial charge in [-0.3, -0.25) is 0 Å². The normalized spacial score (nSPS) is 18.7. The highest BCUT2D eigenvalue weighted by atomic mass is 19.1. The van der Waals surface area contributed by atoms with Gasteiger partial charge in [0.25, 0.3) is 0 Å². The van der Waals surface area contributed by atoms with Crippen LogP contribution in [0.3, 0.4) is 0 Å². The Morgan fingerprint density at radius 3 is 2.71 bits per heavy atom. The number of carbonyl (C=O) groups is 1. The summed E-state index contributed by atoms with van der Waals surface area (Å²) in [5.41, 5.74) is -1.53. The SMILES string of the molecule is CC(OCC1CC1)(C(=O)O)c1ccccc1F. The molecule has 0 saturated heterocycles. The number of carboxylic acid groups (broad SMARTS) is 1. The fourth-order valence-electron chi connectivity index (χ4n) is 1.67. The van der Waals surface area contributed by atoms with Crippen LogP contribution in [0.5, 0.6) is 0 Å². The molecule has 1 saturated carbocycles. The van der Waals surface area contributed by atoms with Crippen molar-refractivity contribution in [3.63, 3.8) is 0 Å². The quantitative estimate of drug-likeness (QED) is 0.857. The van der Waals surface area contributed by atoms with Gasteiger partial charge in [0.05, 0.1) is 6.61 Å². The van der Waals surface area contributed by atoms with Crippen LogP contribution in [0.15, 0.2) is 24.3 Å². The molecule has 0 radical (unpaired) electrons. The van der Waals surface area contributed by atoms with Gasteiger partial charge in [-0.25, -0.2) is 9.18 Å². The fraction of sp³-hybridized carbons (Fsp3) is 0.462. The third-order valence-corrected chi connectivity index (χ3v) is 3.10. The predicted octanol–water partition coefficient (Wildman–Crippen LogP) is 2.55. The molecule has 3 nitrogen and oxygen atoms in total. The Bertz CT molecular complexity index is 428. The second kappa shape index (κ2) is 4.45. The minimum absolute atomic E-state index is 0.0770. The maximum absolute atomic E-state index is 13.6. The highest BCUT2D eigenvalue weighted by Gasteiger charge is 2.40. The van der Waals surface area contributed by atoms with E-state index in [-0.39, 0.29) is 5.56 Å². The number of ether oxygens (including phenoxy) is 1. The largest absolute Gasteiger partial charge is 0.479 e. The highest BCUT2D eigenvalue weighted by Crippen LogP contribution is 2.34. The van der Waals surface area contributed by atoms with Gasteiger partial charge in [0.15, 0.2) is 5.60 Å². The van der Waals surface area contributed by atoms with Gasteiger partial charge in [-0.15, -0.1) is 0 Å². The summed E-state index contributed by atoms with van der Waals surface area (Å²) in [5.74, 6) is -1.28. The van der Waals surface area contributed by atoms with Crippen molar-refractivity contribution in [1.29, 1.82) is 0 Å². The molecule has 0 aromatic heterocycles. The summed E-state index contributed by atoms with van der Waals surface area (Å²) in [6.07, 6.45) is 2.12. The van der Waals surface area contributed by atoms with Gasteiger partial charge in [-0.05, 0) is 31.7 Å². The van der Waals surface area contributed by atoms with Crippen molar-refractivity contribution < 1.29 is 19.0 Å². The summed E-state index contributed by atoms with van der Waals surface area (Å²) in [6.45, 7) is 1.77. The Balaban J connectivity index is 2.25. The van der Waals surface area contributed by atoms with Gasteiger partial charge in [0, 0.05) is 5.56 Å². The smallest absolute Gasteiger partial charge is 0.340 e. The summed E-state index contributed by atoms with van der Waals surface area (Å²) in [6, 6.07) is 5.84. The number of halogens is 1. The lowest BCUT2D eigenvalue weighted by atomic mass is 9.95. The minimum atomic E-state index is -1.60. The summed E-state index contributed by atoms with van der Waals surface area (Å²) in [7, 11) is 0. The van der Waals surface area contributed by atoms with Crippen LogP contribution in [0.2, 0.25) is 0 Å². The molecule has 0 bridgehead atoms. The summed E-state index contributed by atoms with van der Waals surface area (Å²) >= 11 is 0. The summed E-state index contributed by atoms with van der Waals surface area (Å²) in [5, 5.41) is 9.25. The number of hydrogen-bond acceptors (Lipinski definition) is 2. The zero-order valence-corrected chi connectivity index (χ0v) is 9.65. The Morgan fingerprint density at radius 1 is 1.53 bits per heavy atom. The van der Waals surface area contributed by atoms with E-state index in [1.165, 1.54) is 25.1 Å². The average molecular weight is 238 g/mol. The zero-order valence-electron chi connectivity index (χ0n) is 9.65. The summed E-state index contributed by atoms with van der Waals surface area (Å²) in [4.78, 5) is 11.3. The van der Waals surface area contributed by atoms with Crippen LogP contribution in [-0.2, 0) is 15.1 Å². The number of aliphatic carboxylic acids is 1. The second-order valence-corrected chi connectivity index (χ2v) is 4.57. The van der Waals surface area contributed by atoms with Gasteiger partial charge in [0.1, 0.15) is 5.82 Å². The lowest BCUT2D eigenvalue weighted by molar-refractivity contribution is -0.166. The maximum Gasteiger partial charge on any atom is 0.340 e. The molecule has 17 heavy (non-hydrogen) atoms. The first kappa shape index (κ1) is 12.0. The standard InChI is InChI=1S/C13H15FO3/c1-13(12(15)16,17-8-9-6-7-9)10-4-2-3-5-11(10)14/h2-5,9H,6-8H2,1H3,(H,15,16). The van der Waals surface area contributed by atoms with Crippen LogP contribution in [0.25, 0.3) is 0 Å².